The van der Waals surface area contributed by atoms with Crippen LogP contribution in [-0.4, -0.2) is 26.7 Å². The Labute approximate surface area is 108 Å². The van der Waals surface area contributed by atoms with Gasteiger partial charge in [0.15, 0.2) is 11.5 Å². The molecule has 1 aromatic rings. The van der Waals surface area contributed by atoms with Crippen molar-refractivity contribution in [3.8, 4) is 11.5 Å². The molecule has 1 rings (SSSR count). The van der Waals surface area contributed by atoms with Gasteiger partial charge < -0.3 is 20.5 Å². The third kappa shape index (κ3) is 3.61. The Morgan fingerprint density at radius 2 is 1.94 bits per heavy atom. The van der Waals surface area contributed by atoms with Gasteiger partial charge in [-0.2, -0.15) is 0 Å². The summed E-state index contributed by atoms with van der Waals surface area (Å²) >= 11 is 3.41. The number of ether oxygens (including phenoxy) is 2. The molecule has 5 nitrogen and oxygen atoms in total. The average molecular weight is 303 g/mol. The van der Waals surface area contributed by atoms with E-state index in [4.69, 9.17) is 15.2 Å². The maximum Gasteiger partial charge on any atom is 0.234 e. The summed E-state index contributed by atoms with van der Waals surface area (Å²) in [5, 5.41) is 2.69. The molecule has 0 aliphatic heterocycles. The number of carbonyl (C=O) groups is 1. The highest BCUT2D eigenvalue weighted by molar-refractivity contribution is 9.10. The molecule has 0 heterocycles. The highest BCUT2D eigenvalue weighted by Crippen LogP contribution is 2.33. The molecule has 0 spiro atoms. The second-order valence-corrected chi connectivity index (χ2v) is 4.13. The summed E-state index contributed by atoms with van der Waals surface area (Å²) in [6.45, 7) is 0.363. The number of hydrogen-bond acceptors (Lipinski definition) is 4. The van der Waals surface area contributed by atoms with Crippen molar-refractivity contribution >= 4 is 21.8 Å². The highest BCUT2D eigenvalue weighted by Gasteiger charge is 2.10. The van der Waals surface area contributed by atoms with Crippen LogP contribution in [0.4, 0.5) is 0 Å². The normalized spacial score (nSPS) is 9.88. The molecule has 17 heavy (non-hydrogen) atoms. The van der Waals surface area contributed by atoms with Gasteiger partial charge in [-0.1, -0.05) is 15.9 Å². The Hall–Kier alpha value is -1.27. The van der Waals surface area contributed by atoms with Crippen LogP contribution in [0.5, 0.6) is 11.5 Å². The monoisotopic (exact) mass is 302 g/mol. The second kappa shape index (κ2) is 6.46. The van der Waals surface area contributed by atoms with E-state index in [0.717, 1.165) is 10.0 Å². The molecule has 1 aromatic carbocycles. The second-order valence-electron chi connectivity index (χ2n) is 3.28. The zero-order valence-corrected chi connectivity index (χ0v) is 11.3. The standard InChI is InChI=1S/C11H15BrN2O3/c1-16-9-3-7(6-14-11(15)5-13)8(12)4-10(9)17-2/h3-4H,5-6,13H2,1-2H3,(H,14,15). The lowest BCUT2D eigenvalue weighted by Crippen LogP contribution is -2.29. The predicted octanol–water partition coefficient (Wildman–Crippen LogP) is 1.04. The van der Waals surface area contributed by atoms with Gasteiger partial charge >= 0.3 is 0 Å². The van der Waals surface area contributed by atoms with Crippen LogP contribution in [0.1, 0.15) is 5.56 Å². The van der Waals surface area contributed by atoms with Gasteiger partial charge in [0, 0.05) is 11.0 Å². The number of amides is 1. The SMILES string of the molecule is COc1cc(Br)c(CNC(=O)CN)cc1OC. The van der Waals surface area contributed by atoms with Gasteiger partial charge in [0.2, 0.25) is 5.91 Å². The van der Waals surface area contributed by atoms with Crippen molar-refractivity contribution in [2.75, 3.05) is 20.8 Å². The molecule has 94 valence electrons. The molecule has 0 unspecified atom stereocenters. The van der Waals surface area contributed by atoms with E-state index in [0.29, 0.717) is 18.0 Å². The lowest BCUT2D eigenvalue weighted by molar-refractivity contribution is -0.119. The number of nitrogens with one attached hydrogen (secondary N) is 1. The molecule has 0 bridgehead atoms. The first-order valence-corrected chi connectivity index (χ1v) is 5.78. The summed E-state index contributed by atoms with van der Waals surface area (Å²) in [5.41, 5.74) is 6.10. The minimum absolute atomic E-state index is 0.0229. The van der Waals surface area contributed by atoms with Gasteiger partial charge in [-0.25, -0.2) is 0 Å². The fourth-order valence-corrected chi connectivity index (χ4v) is 1.76. The third-order valence-electron chi connectivity index (χ3n) is 2.21. The first-order chi connectivity index (χ1) is 8.12. The van der Waals surface area contributed by atoms with Gasteiger partial charge in [-0.15, -0.1) is 0 Å². The molecule has 0 atom stereocenters. The average Bonchev–Trinajstić information content (AvgIpc) is 2.36. The Kier molecular flexibility index (Phi) is 5.24. The molecule has 0 radical (unpaired) electrons. The van der Waals surface area contributed by atoms with Gasteiger partial charge in [-0.3, -0.25) is 4.79 Å². The van der Waals surface area contributed by atoms with E-state index in [2.05, 4.69) is 21.2 Å². The van der Waals surface area contributed by atoms with Crippen LogP contribution in [-0.2, 0) is 11.3 Å². The molecule has 0 aliphatic carbocycles. The highest BCUT2D eigenvalue weighted by atomic mass is 79.9. The van der Waals surface area contributed by atoms with Crippen LogP contribution in [0.25, 0.3) is 0 Å². The molecule has 0 saturated carbocycles. The van der Waals surface area contributed by atoms with E-state index in [1.807, 2.05) is 0 Å². The van der Waals surface area contributed by atoms with Crippen molar-refractivity contribution in [2.45, 2.75) is 6.54 Å². The summed E-state index contributed by atoms with van der Waals surface area (Å²) in [6, 6.07) is 3.60. The van der Waals surface area contributed by atoms with Crippen molar-refractivity contribution in [1.82, 2.24) is 5.32 Å². The summed E-state index contributed by atoms with van der Waals surface area (Å²) in [5.74, 6) is 1.05. The van der Waals surface area contributed by atoms with Crippen molar-refractivity contribution in [3.63, 3.8) is 0 Å². The fraction of sp³-hybridized carbons (Fsp3) is 0.364. The molecule has 0 fully saturated rings. The number of nitrogens with two attached hydrogens (primary N) is 1. The molecule has 3 N–H and O–H groups in total. The van der Waals surface area contributed by atoms with E-state index in [1.165, 1.54) is 0 Å². The Balaban J connectivity index is 2.89. The van der Waals surface area contributed by atoms with E-state index in [1.54, 1.807) is 26.4 Å². The number of methoxy groups -OCH3 is 2. The Bertz CT molecular complexity index is 410. The maximum absolute atomic E-state index is 11.1. The molecule has 0 aromatic heterocycles. The molecule has 0 aliphatic rings. The number of hydrogen-bond donors (Lipinski definition) is 2. The summed E-state index contributed by atoms with van der Waals surface area (Å²) in [6.07, 6.45) is 0. The van der Waals surface area contributed by atoms with Gasteiger partial charge in [0.1, 0.15) is 0 Å². The van der Waals surface area contributed by atoms with Gasteiger partial charge in [0.25, 0.3) is 0 Å². The van der Waals surface area contributed by atoms with Crippen LogP contribution in [0, 0.1) is 0 Å². The van der Waals surface area contributed by atoms with E-state index >= 15 is 0 Å². The van der Waals surface area contributed by atoms with Gasteiger partial charge in [0.05, 0.1) is 20.8 Å². The van der Waals surface area contributed by atoms with Crippen molar-refractivity contribution in [1.29, 1.82) is 0 Å². The van der Waals surface area contributed by atoms with Crippen LogP contribution < -0.4 is 20.5 Å². The smallest absolute Gasteiger partial charge is 0.234 e. The number of carbonyl (C=O) groups excluding carboxylic acids is 1. The first-order valence-electron chi connectivity index (χ1n) is 4.99. The molecular weight excluding hydrogens is 288 g/mol. The molecule has 1 amide bonds. The Morgan fingerprint density at radius 3 is 2.47 bits per heavy atom. The first kappa shape index (κ1) is 13.8. The summed E-state index contributed by atoms with van der Waals surface area (Å²) < 4.78 is 11.2. The van der Waals surface area contributed by atoms with Crippen LogP contribution >= 0.6 is 15.9 Å². The zero-order valence-electron chi connectivity index (χ0n) is 9.75. The number of halogens is 1. The van der Waals surface area contributed by atoms with Crippen molar-refractivity contribution in [3.05, 3.63) is 22.2 Å². The maximum atomic E-state index is 11.1. The van der Waals surface area contributed by atoms with E-state index < -0.39 is 0 Å². The zero-order chi connectivity index (χ0) is 12.8. The topological polar surface area (TPSA) is 73.6 Å². The lowest BCUT2D eigenvalue weighted by Gasteiger charge is -2.12. The molecule has 0 saturated heterocycles. The summed E-state index contributed by atoms with van der Waals surface area (Å²) in [4.78, 5) is 11.1. The molecular formula is C11H15BrN2O3. The quantitative estimate of drug-likeness (QED) is 0.852. The summed E-state index contributed by atoms with van der Waals surface area (Å²) in [7, 11) is 3.13. The number of benzene rings is 1. The van der Waals surface area contributed by atoms with Gasteiger partial charge in [-0.05, 0) is 17.7 Å². The van der Waals surface area contributed by atoms with Crippen LogP contribution in [0.15, 0.2) is 16.6 Å². The van der Waals surface area contributed by atoms with Crippen LogP contribution in [0.2, 0.25) is 0 Å². The van der Waals surface area contributed by atoms with Crippen molar-refractivity contribution < 1.29 is 14.3 Å². The largest absolute Gasteiger partial charge is 0.493 e. The Morgan fingerprint density at radius 1 is 1.35 bits per heavy atom. The third-order valence-corrected chi connectivity index (χ3v) is 2.95. The van der Waals surface area contributed by atoms with E-state index in [-0.39, 0.29) is 12.5 Å². The minimum atomic E-state index is -0.202. The molecule has 6 heteroatoms. The van der Waals surface area contributed by atoms with E-state index in [9.17, 15) is 4.79 Å². The lowest BCUT2D eigenvalue weighted by atomic mass is 10.2. The predicted molar refractivity (Wildman–Crippen MR) is 68.1 cm³/mol. The van der Waals surface area contributed by atoms with Crippen molar-refractivity contribution in [2.24, 2.45) is 5.73 Å². The number of rotatable bonds is 5. The van der Waals surface area contributed by atoms with Crippen LogP contribution in [0.3, 0.4) is 0 Å². The minimum Gasteiger partial charge on any atom is -0.493 e. The fourth-order valence-electron chi connectivity index (χ4n) is 1.30.